The molecule has 20 heavy (non-hydrogen) atoms. The van der Waals surface area contributed by atoms with Gasteiger partial charge in [-0.05, 0) is 11.6 Å². The van der Waals surface area contributed by atoms with Gasteiger partial charge >= 0.3 is 0 Å². The number of nitrogens with zero attached hydrogens (tertiary/aromatic N) is 1. The fraction of sp³-hybridized carbons (Fsp3) is 0.375. The van der Waals surface area contributed by atoms with Crippen molar-refractivity contribution in [2.45, 2.75) is 32.6 Å². The zero-order valence-corrected chi connectivity index (χ0v) is 12.0. The average molecular weight is 270 g/mol. The Morgan fingerprint density at radius 3 is 2.85 bits per heavy atom. The number of para-hydroxylation sites is 1. The maximum absolute atomic E-state index is 11.9. The highest BCUT2D eigenvalue weighted by Gasteiger charge is 2.21. The van der Waals surface area contributed by atoms with E-state index in [4.69, 9.17) is 4.74 Å². The number of hydrogen-bond donors (Lipinski definition) is 1. The zero-order valence-electron chi connectivity index (χ0n) is 12.0. The van der Waals surface area contributed by atoms with Crippen molar-refractivity contribution in [3.8, 4) is 17.0 Å². The molecule has 0 bridgehead atoms. The monoisotopic (exact) mass is 270 g/mol. The van der Waals surface area contributed by atoms with Crippen LogP contribution >= 0.6 is 0 Å². The molecule has 104 valence electrons. The predicted molar refractivity (Wildman–Crippen MR) is 78.2 cm³/mol. The van der Waals surface area contributed by atoms with Gasteiger partial charge in [0.2, 0.25) is 0 Å². The Bertz CT molecular complexity index is 711. The highest BCUT2D eigenvalue weighted by atomic mass is 16.5. The Hall–Kier alpha value is -2.10. The van der Waals surface area contributed by atoms with Crippen molar-refractivity contribution < 1.29 is 4.74 Å². The molecule has 0 atom stereocenters. The van der Waals surface area contributed by atoms with Crippen molar-refractivity contribution in [2.75, 3.05) is 6.61 Å². The first-order valence-electron chi connectivity index (χ1n) is 6.82. The van der Waals surface area contributed by atoms with E-state index < -0.39 is 0 Å². The van der Waals surface area contributed by atoms with Gasteiger partial charge in [0.25, 0.3) is 5.56 Å². The fourth-order valence-electron chi connectivity index (χ4n) is 2.37. The SMILES string of the molecule is CC(C)(C)c1nc(-c2cccc3c2OCC3)cc(=O)[nH]1. The molecule has 1 aromatic heterocycles. The van der Waals surface area contributed by atoms with Crippen molar-refractivity contribution in [1.29, 1.82) is 0 Å². The molecule has 0 spiro atoms. The van der Waals surface area contributed by atoms with Crippen LogP contribution in [0.15, 0.2) is 29.1 Å². The predicted octanol–water partition coefficient (Wildman–Crippen LogP) is 2.67. The Kier molecular flexibility index (Phi) is 2.89. The van der Waals surface area contributed by atoms with E-state index in [1.165, 1.54) is 11.6 Å². The van der Waals surface area contributed by atoms with Gasteiger partial charge in [-0.25, -0.2) is 4.98 Å². The van der Waals surface area contributed by atoms with E-state index in [0.717, 1.165) is 17.7 Å². The van der Waals surface area contributed by atoms with Crippen LogP contribution in [0.5, 0.6) is 5.75 Å². The van der Waals surface area contributed by atoms with Crippen LogP contribution in [0.25, 0.3) is 11.3 Å². The van der Waals surface area contributed by atoms with Crippen LogP contribution in [-0.2, 0) is 11.8 Å². The summed E-state index contributed by atoms with van der Waals surface area (Å²) >= 11 is 0. The van der Waals surface area contributed by atoms with E-state index in [9.17, 15) is 4.79 Å². The van der Waals surface area contributed by atoms with Gasteiger partial charge in [0.1, 0.15) is 11.6 Å². The number of aromatic nitrogens is 2. The third kappa shape index (κ3) is 2.22. The highest BCUT2D eigenvalue weighted by Crippen LogP contribution is 2.35. The van der Waals surface area contributed by atoms with Crippen LogP contribution in [0, 0.1) is 0 Å². The molecular formula is C16H18N2O2. The maximum atomic E-state index is 11.9. The lowest BCUT2D eigenvalue weighted by atomic mass is 9.95. The molecule has 0 saturated heterocycles. The summed E-state index contributed by atoms with van der Waals surface area (Å²) in [6.07, 6.45) is 0.915. The zero-order chi connectivity index (χ0) is 14.3. The first-order chi connectivity index (χ1) is 9.45. The average Bonchev–Trinajstić information content (AvgIpc) is 2.84. The normalized spacial score (nSPS) is 13.9. The molecule has 2 aromatic rings. The topological polar surface area (TPSA) is 55.0 Å². The van der Waals surface area contributed by atoms with Crippen LogP contribution < -0.4 is 10.3 Å². The van der Waals surface area contributed by atoms with E-state index in [2.05, 4.69) is 16.0 Å². The summed E-state index contributed by atoms with van der Waals surface area (Å²) in [4.78, 5) is 19.3. The Morgan fingerprint density at radius 1 is 1.30 bits per heavy atom. The molecule has 3 rings (SSSR count). The van der Waals surface area contributed by atoms with Gasteiger partial charge in [-0.15, -0.1) is 0 Å². The summed E-state index contributed by atoms with van der Waals surface area (Å²) in [5, 5.41) is 0. The minimum Gasteiger partial charge on any atom is -0.492 e. The van der Waals surface area contributed by atoms with E-state index in [0.29, 0.717) is 18.1 Å². The summed E-state index contributed by atoms with van der Waals surface area (Å²) in [7, 11) is 0. The molecule has 4 nitrogen and oxygen atoms in total. The van der Waals surface area contributed by atoms with Gasteiger partial charge < -0.3 is 9.72 Å². The van der Waals surface area contributed by atoms with Crippen LogP contribution in [0.4, 0.5) is 0 Å². The highest BCUT2D eigenvalue weighted by molar-refractivity contribution is 5.69. The van der Waals surface area contributed by atoms with Crippen LogP contribution in [-0.4, -0.2) is 16.6 Å². The largest absolute Gasteiger partial charge is 0.492 e. The van der Waals surface area contributed by atoms with Gasteiger partial charge in [-0.1, -0.05) is 32.9 Å². The number of fused-ring (bicyclic) bond motifs is 1. The first-order valence-corrected chi connectivity index (χ1v) is 6.82. The minimum atomic E-state index is -0.200. The van der Waals surface area contributed by atoms with Crippen LogP contribution in [0.2, 0.25) is 0 Å². The lowest BCUT2D eigenvalue weighted by Crippen LogP contribution is -2.22. The summed E-state index contributed by atoms with van der Waals surface area (Å²) in [5.74, 6) is 1.56. The summed E-state index contributed by atoms with van der Waals surface area (Å²) in [6, 6.07) is 7.54. The summed E-state index contributed by atoms with van der Waals surface area (Å²) in [5.41, 5.74) is 2.43. The number of aromatic amines is 1. The molecule has 0 radical (unpaired) electrons. The molecule has 0 fully saturated rings. The van der Waals surface area contributed by atoms with Crippen LogP contribution in [0.1, 0.15) is 32.2 Å². The number of nitrogens with one attached hydrogen (secondary N) is 1. The second-order valence-corrected chi connectivity index (χ2v) is 6.12. The number of rotatable bonds is 1. The summed E-state index contributed by atoms with van der Waals surface area (Å²) < 4.78 is 5.70. The third-order valence-electron chi connectivity index (χ3n) is 3.44. The van der Waals surface area contributed by atoms with E-state index >= 15 is 0 Å². The number of ether oxygens (including phenoxy) is 1. The molecule has 0 amide bonds. The van der Waals surface area contributed by atoms with E-state index in [-0.39, 0.29) is 11.0 Å². The second-order valence-electron chi connectivity index (χ2n) is 6.12. The quantitative estimate of drug-likeness (QED) is 0.866. The Balaban J connectivity index is 2.19. The molecular weight excluding hydrogens is 252 g/mol. The van der Waals surface area contributed by atoms with E-state index in [1.807, 2.05) is 32.9 Å². The van der Waals surface area contributed by atoms with Gasteiger partial charge in [-0.2, -0.15) is 0 Å². The van der Waals surface area contributed by atoms with Crippen molar-refractivity contribution in [2.24, 2.45) is 0 Å². The lowest BCUT2D eigenvalue weighted by molar-refractivity contribution is 0.358. The Morgan fingerprint density at radius 2 is 2.10 bits per heavy atom. The lowest BCUT2D eigenvalue weighted by Gasteiger charge is -2.18. The number of hydrogen-bond acceptors (Lipinski definition) is 3. The molecule has 1 aromatic carbocycles. The molecule has 1 aliphatic rings. The number of benzene rings is 1. The van der Waals surface area contributed by atoms with Crippen molar-refractivity contribution in [1.82, 2.24) is 9.97 Å². The standard InChI is InChI=1S/C16H18N2O2/c1-16(2,3)15-17-12(9-13(19)18-15)11-6-4-5-10-7-8-20-14(10)11/h4-6,9H,7-8H2,1-3H3,(H,17,18,19). The van der Waals surface area contributed by atoms with Crippen LogP contribution in [0.3, 0.4) is 0 Å². The van der Waals surface area contributed by atoms with E-state index in [1.54, 1.807) is 0 Å². The van der Waals surface area contributed by atoms with Gasteiger partial charge in [-0.3, -0.25) is 4.79 Å². The molecule has 1 aliphatic heterocycles. The molecule has 2 heterocycles. The molecule has 0 aliphatic carbocycles. The molecule has 0 saturated carbocycles. The second kappa shape index (κ2) is 4.47. The molecule has 4 heteroatoms. The van der Waals surface area contributed by atoms with Crippen molar-refractivity contribution in [3.63, 3.8) is 0 Å². The first kappa shape index (κ1) is 12.9. The fourth-order valence-corrected chi connectivity index (χ4v) is 2.37. The molecule has 0 unspecified atom stereocenters. The minimum absolute atomic E-state index is 0.129. The van der Waals surface area contributed by atoms with Gasteiger partial charge in [0, 0.05) is 23.5 Å². The number of H-pyrrole nitrogens is 1. The smallest absolute Gasteiger partial charge is 0.251 e. The molecule has 1 N–H and O–H groups in total. The van der Waals surface area contributed by atoms with Gasteiger partial charge in [0.05, 0.1) is 12.3 Å². The van der Waals surface area contributed by atoms with Gasteiger partial charge in [0.15, 0.2) is 0 Å². The summed E-state index contributed by atoms with van der Waals surface area (Å²) in [6.45, 7) is 6.78. The van der Waals surface area contributed by atoms with Crippen molar-refractivity contribution in [3.05, 3.63) is 46.0 Å². The third-order valence-corrected chi connectivity index (χ3v) is 3.44. The Labute approximate surface area is 117 Å². The maximum Gasteiger partial charge on any atom is 0.251 e. The van der Waals surface area contributed by atoms with Crippen molar-refractivity contribution >= 4 is 0 Å².